The highest BCUT2D eigenvalue weighted by atomic mass is 19.1. The third-order valence-corrected chi connectivity index (χ3v) is 4.84. The molecule has 0 spiro atoms. The molecular formula is C17H27FN2. The van der Waals surface area contributed by atoms with Crippen LogP contribution < -0.4 is 5.32 Å². The summed E-state index contributed by atoms with van der Waals surface area (Å²) < 4.78 is 13.9. The lowest BCUT2D eigenvalue weighted by Crippen LogP contribution is -2.43. The molecular weight excluding hydrogens is 251 g/mol. The first-order chi connectivity index (χ1) is 9.63. The maximum atomic E-state index is 13.9. The number of nitrogens with one attached hydrogen (secondary N) is 1. The molecule has 20 heavy (non-hydrogen) atoms. The van der Waals surface area contributed by atoms with Crippen molar-refractivity contribution in [2.75, 3.05) is 20.1 Å². The summed E-state index contributed by atoms with van der Waals surface area (Å²) in [5, 5.41) is 3.26. The minimum absolute atomic E-state index is 0.0978. The van der Waals surface area contributed by atoms with E-state index in [0.29, 0.717) is 6.04 Å². The van der Waals surface area contributed by atoms with E-state index in [0.717, 1.165) is 24.4 Å². The Morgan fingerprint density at radius 1 is 1.35 bits per heavy atom. The summed E-state index contributed by atoms with van der Waals surface area (Å²) in [6, 6.07) is 7.83. The van der Waals surface area contributed by atoms with Crippen LogP contribution in [0.25, 0.3) is 0 Å². The number of hydrogen-bond acceptors (Lipinski definition) is 2. The zero-order chi connectivity index (χ0) is 14.5. The predicted molar refractivity (Wildman–Crippen MR) is 82.3 cm³/mol. The quantitative estimate of drug-likeness (QED) is 0.885. The van der Waals surface area contributed by atoms with Gasteiger partial charge in [0.2, 0.25) is 0 Å². The molecule has 0 bridgehead atoms. The molecule has 1 aromatic carbocycles. The Balaban J connectivity index is 1.96. The molecule has 2 nitrogen and oxygen atoms in total. The van der Waals surface area contributed by atoms with Crippen LogP contribution in [0.1, 0.15) is 44.7 Å². The van der Waals surface area contributed by atoms with Gasteiger partial charge in [0.25, 0.3) is 0 Å². The van der Waals surface area contributed by atoms with Gasteiger partial charge in [0.15, 0.2) is 0 Å². The molecule has 1 aliphatic rings. The van der Waals surface area contributed by atoms with Gasteiger partial charge in [-0.05, 0) is 51.8 Å². The van der Waals surface area contributed by atoms with E-state index >= 15 is 0 Å². The second-order valence-electron chi connectivity index (χ2n) is 6.05. The van der Waals surface area contributed by atoms with Crippen LogP contribution in [0.15, 0.2) is 24.3 Å². The molecule has 3 heteroatoms. The monoisotopic (exact) mass is 278 g/mol. The first-order valence-corrected chi connectivity index (χ1v) is 7.79. The van der Waals surface area contributed by atoms with Crippen LogP contribution in [0.2, 0.25) is 0 Å². The molecule has 0 amide bonds. The Morgan fingerprint density at radius 3 is 2.80 bits per heavy atom. The van der Waals surface area contributed by atoms with Crippen molar-refractivity contribution in [2.45, 2.75) is 45.2 Å². The fraction of sp³-hybridized carbons (Fsp3) is 0.647. The molecule has 1 heterocycles. The number of halogens is 1. The Kier molecular flexibility index (Phi) is 5.55. The van der Waals surface area contributed by atoms with Crippen molar-refractivity contribution in [3.8, 4) is 0 Å². The topological polar surface area (TPSA) is 15.3 Å². The summed E-state index contributed by atoms with van der Waals surface area (Å²) >= 11 is 0. The maximum Gasteiger partial charge on any atom is 0.127 e. The third-order valence-electron chi connectivity index (χ3n) is 4.84. The number of benzene rings is 1. The number of likely N-dealkylation sites (tertiary alicyclic amines) is 1. The first-order valence-electron chi connectivity index (χ1n) is 7.79. The summed E-state index contributed by atoms with van der Waals surface area (Å²) in [5.41, 5.74) is 0.785. The molecule has 1 aliphatic heterocycles. The van der Waals surface area contributed by atoms with Crippen molar-refractivity contribution in [1.29, 1.82) is 0 Å². The van der Waals surface area contributed by atoms with E-state index in [1.165, 1.54) is 19.4 Å². The van der Waals surface area contributed by atoms with Gasteiger partial charge < -0.3 is 10.2 Å². The van der Waals surface area contributed by atoms with E-state index in [4.69, 9.17) is 0 Å². The van der Waals surface area contributed by atoms with Crippen LogP contribution in [0.3, 0.4) is 0 Å². The molecule has 1 N–H and O–H groups in total. The van der Waals surface area contributed by atoms with Gasteiger partial charge in [0.1, 0.15) is 5.82 Å². The maximum absolute atomic E-state index is 13.9. The minimum atomic E-state index is -0.105. The van der Waals surface area contributed by atoms with E-state index in [-0.39, 0.29) is 11.9 Å². The number of nitrogens with zero attached hydrogens (tertiary/aromatic N) is 1. The van der Waals surface area contributed by atoms with E-state index in [1.54, 1.807) is 12.1 Å². The van der Waals surface area contributed by atoms with Crippen molar-refractivity contribution >= 4 is 0 Å². The average Bonchev–Trinajstić information content (AvgIpc) is 2.45. The molecule has 3 unspecified atom stereocenters. The first kappa shape index (κ1) is 15.5. The van der Waals surface area contributed by atoms with Crippen molar-refractivity contribution in [1.82, 2.24) is 10.2 Å². The Bertz CT molecular complexity index is 421. The fourth-order valence-electron chi connectivity index (χ4n) is 3.24. The van der Waals surface area contributed by atoms with Crippen LogP contribution in [0.5, 0.6) is 0 Å². The Morgan fingerprint density at radius 2 is 2.10 bits per heavy atom. The summed E-state index contributed by atoms with van der Waals surface area (Å²) in [5.74, 6) is 0.664. The molecule has 112 valence electrons. The second-order valence-corrected chi connectivity index (χ2v) is 6.05. The highest BCUT2D eigenvalue weighted by Crippen LogP contribution is 2.25. The van der Waals surface area contributed by atoms with Crippen molar-refractivity contribution < 1.29 is 4.39 Å². The molecule has 3 atom stereocenters. The average molecular weight is 278 g/mol. The standard InChI is InChI=1S/C17H27FN2/c1-13-7-6-11-20(14(13)2)12-10-17(19-3)15-8-4-5-9-16(15)18/h4-5,8-9,13-14,17,19H,6-7,10-12H2,1-3H3. The molecule has 1 fully saturated rings. The normalized spacial score (nSPS) is 25.6. The smallest absolute Gasteiger partial charge is 0.127 e. The highest BCUT2D eigenvalue weighted by molar-refractivity contribution is 5.21. The van der Waals surface area contributed by atoms with Gasteiger partial charge in [-0.1, -0.05) is 25.1 Å². The summed E-state index contributed by atoms with van der Waals surface area (Å²) in [7, 11) is 1.92. The fourth-order valence-corrected chi connectivity index (χ4v) is 3.24. The lowest BCUT2D eigenvalue weighted by atomic mass is 9.91. The lowest BCUT2D eigenvalue weighted by molar-refractivity contribution is 0.109. The molecule has 0 radical (unpaired) electrons. The summed E-state index contributed by atoms with van der Waals surface area (Å²) in [6.45, 7) is 6.87. The van der Waals surface area contributed by atoms with E-state index in [9.17, 15) is 4.39 Å². The number of piperidine rings is 1. The Hall–Kier alpha value is -0.930. The summed E-state index contributed by atoms with van der Waals surface area (Å²) in [4.78, 5) is 2.55. The van der Waals surface area contributed by atoms with Crippen molar-refractivity contribution in [3.05, 3.63) is 35.6 Å². The Labute approximate surface area is 122 Å². The van der Waals surface area contributed by atoms with E-state index in [2.05, 4.69) is 24.1 Å². The predicted octanol–water partition coefficient (Wildman–Crippen LogP) is 3.60. The van der Waals surface area contributed by atoms with Gasteiger partial charge in [-0.2, -0.15) is 0 Å². The number of hydrogen-bond donors (Lipinski definition) is 1. The zero-order valence-corrected chi connectivity index (χ0v) is 12.9. The van der Waals surface area contributed by atoms with Gasteiger partial charge in [-0.15, -0.1) is 0 Å². The molecule has 0 aliphatic carbocycles. The third kappa shape index (κ3) is 3.58. The largest absolute Gasteiger partial charge is 0.313 e. The van der Waals surface area contributed by atoms with Gasteiger partial charge in [0, 0.05) is 24.2 Å². The molecule has 0 saturated carbocycles. The second kappa shape index (κ2) is 7.19. The van der Waals surface area contributed by atoms with Crippen LogP contribution >= 0.6 is 0 Å². The molecule has 0 aromatic heterocycles. The lowest BCUT2D eigenvalue weighted by Gasteiger charge is -2.38. The van der Waals surface area contributed by atoms with Gasteiger partial charge in [-0.3, -0.25) is 0 Å². The number of rotatable bonds is 5. The minimum Gasteiger partial charge on any atom is -0.313 e. The van der Waals surface area contributed by atoms with Gasteiger partial charge >= 0.3 is 0 Å². The van der Waals surface area contributed by atoms with Crippen LogP contribution in [0.4, 0.5) is 4.39 Å². The van der Waals surface area contributed by atoms with E-state index < -0.39 is 0 Å². The highest BCUT2D eigenvalue weighted by Gasteiger charge is 2.25. The molecule has 1 saturated heterocycles. The zero-order valence-electron chi connectivity index (χ0n) is 12.9. The van der Waals surface area contributed by atoms with E-state index in [1.807, 2.05) is 19.2 Å². The van der Waals surface area contributed by atoms with Gasteiger partial charge in [0.05, 0.1) is 0 Å². The SMILES string of the molecule is CNC(CCN1CCCC(C)C1C)c1ccccc1F. The van der Waals surface area contributed by atoms with Gasteiger partial charge in [-0.25, -0.2) is 4.39 Å². The van der Waals surface area contributed by atoms with Crippen LogP contribution in [-0.2, 0) is 0 Å². The molecule has 1 aromatic rings. The van der Waals surface area contributed by atoms with Crippen LogP contribution in [-0.4, -0.2) is 31.1 Å². The van der Waals surface area contributed by atoms with Crippen molar-refractivity contribution in [2.24, 2.45) is 5.92 Å². The summed E-state index contributed by atoms with van der Waals surface area (Å²) in [6.07, 6.45) is 3.57. The van der Waals surface area contributed by atoms with Crippen LogP contribution in [0, 0.1) is 11.7 Å². The molecule has 2 rings (SSSR count). The van der Waals surface area contributed by atoms with Crippen molar-refractivity contribution in [3.63, 3.8) is 0 Å².